The second kappa shape index (κ2) is 6.32. The van der Waals surface area contributed by atoms with E-state index in [0.29, 0.717) is 6.07 Å². The zero-order valence-electron chi connectivity index (χ0n) is 11.4. The van der Waals surface area contributed by atoms with Gasteiger partial charge in [-0.3, -0.25) is 0 Å². The third-order valence-corrected chi connectivity index (χ3v) is 4.30. The smallest absolute Gasteiger partial charge is 0.370 e. The molecule has 21 heavy (non-hydrogen) atoms. The van der Waals surface area contributed by atoms with Crippen LogP contribution in [-0.4, -0.2) is 37.8 Å². The van der Waals surface area contributed by atoms with Crippen LogP contribution in [0.3, 0.4) is 0 Å². The average molecular weight is 321 g/mol. The minimum atomic E-state index is -4.72. The molecule has 9 heteroatoms. The largest absolute Gasteiger partial charge is 0.419 e. The van der Waals surface area contributed by atoms with Gasteiger partial charge >= 0.3 is 6.18 Å². The Balaban J connectivity index is 3.39. The minimum absolute atomic E-state index is 0.221. The van der Waals surface area contributed by atoms with Gasteiger partial charge in [-0.2, -0.15) is 17.5 Å². The molecule has 1 aromatic rings. The van der Waals surface area contributed by atoms with E-state index in [4.69, 9.17) is 6.42 Å². The lowest BCUT2D eigenvalue weighted by molar-refractivity contribution is -0.137. The van der Waals surface area contributed by atoms with E-state index in [1.807, 2.05) is 0 Å². The van der Waals surface area contributed by atoms with Crippen LogP contribution in [0.15, 0.2) is 17.2 Å². The maximum Gasteiger partial charge on any atom is 0.419 e. The quantitative estimate of drug-likeness (QED) is 0.840. The lowest BCUT2D eigenvalue weighted by atomic mass is 10.2. The number of nitrogens with zero attached hydrogens (tertiary/aromatic N) is 2. The number of halogens is 3. The lowest BCUT2D eigenvalue weighted by Gasteiger charge is -2.17. The molecule has 116 valence electrons. The molecule has 0 bridgehead atoms. The highest BCUT2D eigenvalue weighted by molar-refractivity contribution is 7.89. The van der Waals surface area contributed by atoms with Crippen molar-refractivity contribution in [2.75, 3.05) is 25.5 Å². The van der Waals surface area contributed by atoms with E-state index >= 15 is 0 Å². The van der Waals surface area contributed by atoms with Gasteiger partial charge in [0.2, 0.25) is 10.0 Å². The van der Waals surface area contributed by atoms with Gasteiger partial charge in [0.25, 0.3) is 0 Å². The van der Waals surface area contributed by atoms with Crippen LogP contribution in [0.4, 0.5) is 19.0 Å². The van der Waals surface area contributed by atoms with Crippen LogP contribution in [0.2, 0.25) is 0 Å². The summed E-state index contributed by atoms with van der Waals surface area (Å²) in [4.78, 5) is 2.99. The monoisotopic (exact) mass is 321 g/mol. The summed E-state index contributed by atoms with van der Waals surface area (Å²) in [5, 5.41) is 2.44. The van der Waals surface area contributed by atoms with Crippen molar-refractivity contribution in [3.63, 3.8) is 0 Å². The number of rotatable bonds is 5. The Kier molecular flexibility index (Phi) is 5.20. The molecule has 0 aliphatic rings. The van der Waals surface area contributed by atoms with E-state index in [1.54, 1.807) is 6.92 Å². The highest BCUT2D eigenvalue weighted by atomic mass is 32.2. The standard InChI is InChI=1S/C12H14F3N3O2S/c1-4-6-18(3)21(19,20)9-7-10(12(13,14)15)11(16-5-2)17-8-9/h1,7-8H,5-6H2,2-3H3,(H,16,17). The first-order valence-corrected chi connectivity index (χ1v) is 7.29. The normalized spacial score (nSPS) is 12.2. The molecule has 0 saturated heterocycles. The van der Waals surface area contributed by atoms with E-state index in [0.717, 1.165) is 10.5 Å². The van der Waals surface area contributed by atoms with E-state index in [9.17, 15) is 21.6 Å². The molecule has 5 nitrogen and oxygen atoms in total. The molecule has 1 aromatic heterocycles. The Bertz CT molecular complexity index is 651. The molecule has 0 radical (unpaired) electrons. The maximum absolute atomic E-state index is 13.0. The second-order valence-corrected chi connectivity index (χ2v) is 6.11. The summed E-state index contributed by atoms with van der Waals surface area (Å²) in [5.74, 6) is 1.70. The number of sulfonamides is 1. The molecule has 0 aliphatic carbocycles. The predicted molar refractivity (Wildman–Crippen MR) is 72.1 cm³/mol. The summed E-state index contributed by atoms with van der Waals surface area (Å²) in [5.41, 5.74) is -1.14. The Morgan fingerprint density at radius 3 is 2.57 bits per heavy atom. The third-order valence-electron chi connectivity index (χ3n) is 2.53. The van der Waals surface area contributed by atoms with Crippen molar-refractivity contribution in [3.8, 4) is 12.3 Å². The molecule has 0 spiro atoms. The molecule has 0 amide bonds. The van der Waals surface area contributed by atoms with Gasteiger partial charge in [-0.05, 0) is 13.0 Å². The van der Waals surface area contributed by atoms with Gasteiger partial charge in [0.15, 0.2) is 0 Å². The molecule has 0 fully saturated rings. The van der Waals surface area contributed by atoms with Crippen LogP contribution < -0.4 is 5.32 Å². The van der Waals surface area contributed by atoms with Gasteiger partial charge in [-0.25, -0.2) is 13.4 Å². The number of terminal acetylenes is 1. The van der Waals surface area contributed by atoms with Crippen LogP contribution in [-0.2, 0) is 16.2 Å². The predicted octanol–water partition coefficient (Wildman–Crippen LogP) is 1.79. The maximum atomic E-state index is 13.0. The minimum Gasteiger partial charge on any atom is -0.370 e. The molecule has 1 rings (SSSR count). The zero-order valence-corrected chi connectivity index (χ0v) is 12.2. The number of alkyl halides is 3. The van der Waals surface area contributed by atoms with Crippen LogP contribution in [0.1, 0.15) is 12.5 Å². The Labute approximate surface area is 121 Å². The topological polar surface area (TPSA) is 62.3 Å². The summed E-state index contributed by atoms with van der Waals surface area (Å²) < 4.78 is 63.8. The molecule has 0 aromatic carbocycles. The molecule has 0 saturated carbocycles. The molecule has 1 N–H and O–H groups in total. The highest BCUT2D eigenvalue weighted by Crippen LogP contribution is 2.35. The molecule has 1 heterocycles. The van der Waals surface area contributed by atoms with Crippen molar-refractivity contribution in [1.82, 2.24) is 9.29 Å². The fourth-order valence-electron chi connectivity index (χ4n) is 1.50. The number of pyridine rings is 1. The van der Waals surface area contributed by atoms with Gasteiger partial charge < -0.3 is 5.32 Å². The van der Waals surface area contributed by atoms with Crippen LogP contribution in [0, 0.1) is 12.3 Å². The van der Waals surface area contributed by atoms with Crippen molar-refractivity contribution in [3.05, 3.63) is 17.8 Å². The lowest BCUT2D eigenvalue weighted by Crippen LogP contribution is -2.28. The molecule has 0 aliphatic heterocycles. The summed E-state index contributed by atoms with van der Waals surface area (Å²) in [6, 6.07) is 0.549. The number of aromatic nitrogens is 1. The fourth-order valence-corrected chi connectivity index (χ4v) is 2.56. The van der Waals surface area contributed by atoms with Crippen LogP contribution >= 0.6 is 0 Å². The Morgan fingerprint density at radius 1 is 1.48 bits per heavy atom. The van der Waals surface area contributed by atoms with E-state index in [2.05, 4.69) is 16.2 Å². The first kappa shape index (κ1) is 17.3. The van der Waals surface area contributed by atoms with E-state index in [1.165, 1.54) is 7.05 Å². The fraction of sp³-hybridized carbons (Fsp3) is 0.417. The molecule has 0 atom stereocenters. The number of anilines is 1. The summed E-state index contributed by atoms with van der Waals surface area (Å²) in [7, 11) is -2.93. The van der Waals surface area contributed by atoms with Gasteiger partial charge in [0.1, 0.15) is 10.7 Å². The number of hydrogen-bond acceptors (Lipinski definition) is 4. The van der Waals surface area contributed by atoms with Crippen LogP contribution in [0.5, 0.6) is 0 Å². The van der Waals surface area contributed by atoms with Gasteiger partial charge in [-0.1, -0.05) is 5.92 Å². The first-order chi connectivity index (χ1) is 9.64. The van der Waals surface area contributed by atoms with Gasteiger partial charge in [-0.15, -0.1) is 6.42 Å². The summed E-state index contributed by atoms with van der Waals surface area (Å²) in [6.45, 7) is 1.57. The van der Waals surface area contributed by atoms with Crippen molar-refractivity contribution >= 4 is 15.8 Å². The Hall–Kier alpha value is -1.79. The van der Waals surface area contributed by atoms with Crippen molar-refractivity contribution in [1.29, 1.82) is 0 Å². The van der Waals surface area contributed by atoms with Gasteiger partial charge in [0, 0.05) is 19.8 Å². The molecular formula is C12H14F3N3O2S. The van der Waals surface area contributed by atoms with Crippen LogP contribution in [0.25, 0.3) is 0 Å². The SMILES string of the molecule is C#CCN(C)S(=O)(=O)c1cnc(NCC)c(C(F)(F)F)c1. The molecule has 0 unspecified atom stereocenters. The van der Waals surface area contributed by atoms with Crippen molar-refractivity contribution < 1.29 is 21.6 Å². The average Bonchev–Trinajstić information content (AvgIpc) is 2.38. The second-order valence-electron chi connectivity index (χ2n) is 4.06. The zero-order chi connectivity index (χ0) is 16.3. The molecular weight excluding hydrogens is 307 g/mol. The number of hydrogen-bond donors (Lipinski definition) is 1. The summed E-state index contributed by atoms with van der Waals surface area (Å²) in [6.07, 6.45) is 1.15. The number of nitrogens with one attached hydrogen (secondary N) is 1. The van der Waals surface area contributed by atoms with Crippen molar-refractivity contribution in [2.24, 2.45) is 0 Å². The Morgan fingerprint density at radius 2 is 2.10 bits per heavy atom. The van der Waals surface area contributed by atoms with Gasteiger partial charge in [0.05, 0.1) is 12.1 Å². The van der Waals surface area contributed by atoms with E-state index < -0.39 is 32.5 Å². The highest BCUT2D eigenvalue weighted by Gasteiger charge is 2.36. The van der Waals surface area contributed by atoms with Crippen molar-refractivity contribution in [2.45, 2.75) is 18.0 Å². The summed E-state index contributed by atoms with van der Waals surface area (Å²) >= 11 is 0. The van der Waals surface area contributed by atoms with E-state index in [-0.39, 0.29) is 13.1 Å². The third kappa shape index (κ3) is 3.86. The first-order valence-electron chi connectivity index (χ1n) is 5.85.